The van der Waals surface area contributed by atoms with Gasteiger partial charge in [0.05, 0.1) is 10.5 Å². The largest absolute Gasteiger partial charge is 0.478 e. The fourth-order valence-corrected chi connectivity index (χ4v) is 4.27. The quantitative estimate of drug-likeness (QED) is 0.840. The highest BCUT2D eigenvalue weighted by Crippen LogP contribution is 2.26. The monoisotopic (exact) mass is 376 g/mol. The van der Waals surface area contributed by atoms with Crippen LogP contribution in [0.1, 0.15) is 35.2 Å². The number of carboxylic acid groups (broad SMARTS) is 1. The van der Waals surface area contributed by atoms with Gasteiger partial charge in [-0.1, -0.05) is 22.4 Å². The lowest BCUT2D eigenvalue weighted by Crippen LogP contribution is -2.45. The molecule has 1 heterocycles. The van der Waals surface area contributed by atoms with Gasteiger partial charge in [0.2, 0.25) is 0 Å². The molecule has 21 heavy (non-hydrogen) atoms. The van der Waals surface area contributed by atoms with Gasteiger partial charge in [0.1, 0.15) is 0 Å². The molecule has 1 aromatic carbocycles. The summed E-state index contributed by atoms with van der Waals surface area (Å²) in [6.45, 7) is 2.97. The zero-order valence-corrected chi connectivity index (χ0v) is 14.0. The zero-order valence-electron chi connectivity index (χ0n) is 11.6. The van der Waals surface area contributed by atoms with Crippen LogP contribution in [-0.2, 0) is 10.0 Å². The molecule has 116 valence electrons. The van der Waals surface area contributed by atoms with E-state index in [2.05, 4.69) is 20.8 Å². The molecule has 0 aliphatic carbocycles. The molecule has 0 radical (unpaired) electrons. The van der Waals surface area contributed by atoms with E-state index in [0.29, 0.717) is 23.1 Å². The highest BCUT2D eigenvalue weighted by atomic mass is 79.9. The third-order valence-electron chi connectivity index (χ3n) is 3.44. The number of nitrogens with zero attached hydrogens (tertiary/aromatic N) is 1. The van der Waals surface area contributed by atoms with E-state index in [0.717, 1.165) is 19.3 Å². The van der Waals surface area contributed by atoms with E-state index in [9.17, 15) is 13.2 Å². The van der Waals surface area contributed by atoms with Gasteiger partial charge in [-0.2, -0.15) is 0 Å². The van der Waals surface area contributed by atoms with Crippen LogP contribution in [0.3, 0.4) is 0 Å². The molecule has 0 unspecified atom stereocenters. The molecule has 2 N–H and O–H groups in total. The maximum absolute atomic E-state index is 12.5. The van der Waals surface area contributed by atoms with Gasteiger partial charge < -0.3 is 5.11 Å². The van der Waals surface area contributed by atoms with Gasteiger partial charge in [0.25, 0.3) is 10.0 Å². The van der Waals surface area contributed by atoms with E-state index >= 15 is 0 Å². The molecule has 0 spiro atoms. The number of hydrogen-bond acceptors (Lipinski definition) is 4. The normalized spacial score (nSPS) is 16.9. The van der Waals surface area contributed by atoms with E-state index in [-0.39, 0.29) is 10.5 Å². The summed E-state index contributed by atoms with van der Waals surface area (Å²) in [5, 5.41) is 10.7. The molecule has 0 saturated carbocycles. The number of piperidine rings is 1. The Morgan fingerprint density at radius 2 is 1.90 bits per heavy atom. The van der Waals surface area contributed by atoms with Gasteiger partial charge in [0, 0.05) is 17.6 Å². The van der Waals surface area contributed by atoms with Crippen LogP contribution in [-0.4, -0.2) is 37.6 Å². The minimum Gasteiger partial charge on any atom is -0.478 e. The Bertz CT molecular complexity index is 654. The molecule has 1 aliphatic heterocycles. The van der Waals surface area contributed by atoms with Gasteiger partial charge in [-0.3, -0.25) is 0 Å². The number of carboxylic acids is 1. The molecule has 2 rings (SSSR count). The molecule has 8 heteroatoms. The van der Waals surface area contributed by atoms with Crippen molar-refractivity contribution in [1.82, 2.24) is 9.84 Å². The number of carbonyl (C=O) groups is 1. The fourth-order valence-electron chi connectivity index (χ4n) is 2.26. The lowest BCUT2D eigenvalue weighted by atomic mass is 10.1. The molecule has 1 saturated heterocycles. The van der Waals surface area contributed by atoms with Crippen molar-refractivity contribution >= 4 is 31.9 Å². The second-order valence-electron chi connectivity index (χ2n) is 5.03. The summed E-state index contributed by atoms with van der Waals surface area (Å²) in [5.74, 6) is -1.16. The minimum absolute atomic E-state index is 0.0140. The molecular formula is C13H17BrN2O4S. The average molecular weight is 377 g/mol. The number of rotatable bonds is 4. The van der Waals surface area contributed by atoms with Gasteiger partial charge in [-0.25, -0.2) is 18.2 Å². The second kappa shape index (κ2) is 6.43. The maximum atomic E-state index is 12.5. The minimum atomic E-state index is -3.79. The highest BCUT2D eigenvalue weighted by Gasteiger charge is 2.24. The van der Waals surface area contributed by atoms with Crippen LogP contribution in [0.5, 0.6) is 0 Å². The van der Waals surface area contributed by atoms with E-state index in [1.807, 2.05) is 0 Å². The van der Waals surface area contributed by atoms with Crippen LogP contribution in [0.2, 0.25) is 0 Å². The zero-order chi connectivity index (χ0) is 15.6. The molecule has 6 nitrogen and oxygen atoms in total. The SMILES string of the molecule is Cc1c(Br)cc(C(=O)O)cc1S(=O)(=O)NN1CCCCC1. The number of hydrazine groups is 1. The van der Waals surface area contributed by atoms with Crippen LogP contribution < -0.4 is 4.83 Å². The Balaban J connectivity index is 2.36. The number of hydrogen-bond donors (Lipinski definition) is 2. The highest BCUT2D eigenvalue weighted by molar-refractivity contribution is 9.10. The van der Waals surface area contributed by atoms with Crippen LogP contribution in [0.25, 0.3) is 0 Å². The van der Waals surface area contributed by atoms with Crippen LogP contribution in [0, 0.1) is 6.92 Å². The third kappa shape index (κ3) is 3.82. The smallest absolute Gasteiger partial charge is 0.335 e. The topological polar surface area (TPSA) is 86.7 Å². The summed E-state index contributed by atoms with van der Waals surface area (Å²) >= 11 is 3.21. The number of benzene rings is 1. The third-order valence-corrected chi connectivity index (χ3v) is 5.76. The Kier molecular flexibility index (Phi) is 5.03. The fraction of sp³-hybridized carbons (Fsp3) is 0.462. The summed E-state index contributed by atoms with van der Waals surface area (Å²) in [4.78, 5) is 13.6. The van der Waals surface area contributed by atoms with E-state index in [1.165, 1.54) is 12.1 Å². The van der Waals surface area contributed by atoms with Crippen molar-refractivity contribution in [2.24, 2.45) is 0 Å². The van der Waals surface area contributed by atoms with E-state index < -0.39 is 16.0 Å². The Labute approximate surface area is 132 Å². The van der Waals surface area contributed by atoms with Crippen LogP contribution in [0.4, 0.5) is 0 Å². The Morgan fingerprint density at radius 3 is 2.48 bits per heavy atom. The van der Waals surface area contributed by atoms with Gasteiger partial charge in [-0.05, 0) is 37.5 Å². The summed E-state index contributed by atoms with van der Waals surface area (Å²) in [6.07, 6.45) is 2.98. The van der Waals surface area contributed by atoms with Crippen molar-refractivity contribution in [2.75, 3.05) is 13.1 Å². The van der Waals surface area contributed by atoms with Crippen molar-refractivity contribution in [3.05, 3.63) is 27.7 Å². The number of aromatic carboxylic acids is 1. The number of halogens is 1. The number of sulfonamides is 1. The first kappa shape index (κ1) is 16.4. The van der Waals surface area contributed by atoms with Crippen molar-refractivity contribution in [3.8, 4) is 0 Å². The predicted molar refractivity (Wildman–Crippen MR) is 81.6 cm³/mol. The maximum Gasteiger partial charge on any atom is 0.335 e. The van der Waals surface area contributed by atoms with Gasteiger partial charge in [-0.15, -0.1) is 4.83 Å². The second-order valence-corrected chi connectivity index (χ2v) is 7.51. The molecule has 0 amide bonds. The molecule has 1 fully saturated rings. The van der Waals surface area contributed by atoms with Gasteiger partial charge >= 0.3 is 5.97 Å². The first-order valence-electron chi connectivity index (χ1n) is 6.62. The molecule has 0 atom stereocenters. The van der Waals surface area contributed by atoms with Crippen molar-refractivity contribution in [2.45, 2.75) is 31.1 Å². The van der Waals surface area contributed by atoms with E-state index in [4.69, 9.17) is 5.11 Å². The van der Waals surface area contributed by atoms with Crippen molar-refractivity contribution < 1.29 is 18.3 Å². The first-order chi connectivity index (χ1) is 9.81. The lowest BCUT2D eigenvalue weighted by Gasteiger charge is -2.27. The first-order valence-corrected chi connectivity index (χ1v) is 8.90. The molecular weight excluding hydrogens is 360 g/mol. The summed E-state index contributed by atoms with van der Waals surface area (Å²) in [6, 6.07) is 2.59. The van der Waals surface area contributed by atoms with Crippen molar-refractivity contribution in [1.29, 1.82) is 0 Å². The Morgan fingerprint density at radius 1 is 1.29 bits per heavy atom. The van der Waals surface area contributed by atoms with E-state index in [1.54, 1.807) is 11.9 Å². The van der Waals surface area contributed by atoms with Crippen LogP contribution >= 0.6 is 15.9 Å². The predicted octanol–water partition coefficient (Wildman–Crippen LogP) is 2.13. The molecule has 0 bridgehead atoms. The van der Waals surface area contributed by atoms with Crippen LogP contribution in [0.15, 0.2) is 21.5 Å². The van der Waals surface area contributed by atoms with Crippen molar-refractivity contribution in [3.63, 3.8) is 0 Å². The summed E-state index contributed by atoms with van der Waals surface area (Å²) < 4.78 is 25.4. The molecule has 0 aromatic heterocycles. The average Bonchev–Trinajstić information content (AvgIpc) is 2.41. The molecule has 1 aromatic rings. The molecule has 1 aliphatic rings. The van der Waals surface area contributed by atoms with Gasteiger partial charge in [0.15, 0.2) is 0 Å². The lowest BCUT2D eigenvalue weighted by molar-refractivity contribution is 0.0696. The summed E-state index contributed by atoms with van der Waals surface area (Å²) in [7, 11) is -3.79. The standard InChI is InChI=1S/C13H17BrN2O4S/c1-9-11(14)7-10(13(17)18)8-12(9)21(19,20)15-16-5-3-2-4-6-16/h7-8,15H,2-6H2,1H3,(H,17,18). The Hall–Kier alpha value is -0.960. The number of nitrogens with one attached hydrogen (secondary N) is 1. The summed E-state index contributed by atoms with van der Waals surface area (Å²) in [5.41, 5.74) is 0.427.